The molecule has 16 heavy (non-hydrogen) atoms. The average molecular weight is 242 g/mol. The minimum Gasteiger partial charge on any atom is -0.480 e. The highest BCUT2D eigenvalue weighted by Crippen LogP contribution is 2.19. The van der Waals surface area contributed by atoms with E-state index in [1.54, 1.807) is 13.8 Å². The lowest BCUT2D eigenvalue weighted by Crippen LogP contribution is -2.01. The summed E-state index contributed by atoms with van der Waals surface area (Å²) < 4.78 is 27.5. The molecule has 0 aromatic carbocycles. The van der Waals surface area contributed by atoms with Crippen molar-refractivity contribution >= 4 is 15.4 Å². The molecule has 6 heteroatoms. The molecule has 0 aliphatic heterocycles. The van der Waals surface area contributed by atoms with Gasteiger partial charge in [0.15, 0.2) is 9.84 Å². The summed E-state index contributed by atoms with van der Waals surface area (Å²) >= 11 is 0. The summed E-state index contributed by atoms with van der Waals surface area (Å²) in [5.41, 5.74) is 1.13. The van der Waals surface area contributed by atoms with Crippen molar-refractivity contribution in [1.82, 2.24) is 9.97 Å². The van der Waals surface area contributed by atoms with Crippen molar-refractivity contribution in [2.24, 2.45) is 0 Å². The fraction of sp³-hybridized carbons (Fsp3) is 0.400. The molecule has 0 bridgehead atoms. The first-order chi connectivity index (χ1) is 7.36. The Kier molecular flexibility index (Phi) is 3.64. The van der Waals surface area contributed by atoms with Crippen molar-refractivity contribution in [3.63, 3.8) is 0 Å². The molecular weight excluding hydrogens is 228 g/mol. The molecule has 5 nitrogen and oxygen atoms in total. The molecule has 0 fully saturated rings. The fourth-order valence-corrected chi connectivity index (χ4v) is 1.73. The second-order valence-corrected chi connectivity index (χ2v) is 5.55. The molecule has 0 saturated carbocycles. The van der Waals surface area contributed by atoms with Gasteiger partial charge in [0.25, 0.3) is 0 Å². The van der Waals surface area contributed by atoms with E-state index < -0.39 is 9.84 Å². The minimum absolute atomic E-state index is 0.298. The van der Waals surface area contributed by atoms with E-state index in [1.165, 1.54) is 25.8 Å². The summed E-state index contributed by atoms with van der Waals surface area (Å²) in [4.78, 5) is 8.34. The molecule has 1 heterocycles. The molecule has 0 unspecified atom stereocenters. The summed E-state index contributed by atoms with van der Waals surface area (Å²) in [6.07, 6.45) is 4.11. The summed E-state index contributed by atoms with van der Waals surface area (Å²) in [5.74, 6) is 0.397. The van der Waals surface area contributed by atoms with Gasteiger partial charge in [0, 0.05) is 11.2 Å². The van der Waals surface area contributed by atoms with Crippen LogP contribution in [0.15, 0.2) is 17.3 Å². The number of allylic oxidation sites excluding steroid dienone is 2. The van der Waals surface area contributed by atoms with Crippen molar-refractivity contribution in [2.45, 2.75) is 13.8 Å². The molecule has 0 saturated heterocycles. The second-order valence-electron chi connectivity index (χ2n) is 3.40. The van der Waals surface area contributed by atoms with Gasteiger partial charge >= 0.3 is 0 Å². The SMILES string of the molecule is COc1cnc(/C(C)=C(\C)S(C)(=O)=O)cn1. The maximum Gasteiger partial charge on any atom is 0.232 e. The quantitative estimate of drug-likeness (QED) is 0.798. The van der Waals surface area contributed by atoms with Gasteiger partial charge in [0.05, 0.1) is 25.2 Å². The van der Waals surface area contributed by atoms with E-state index in [1.807, 2.05) is 0 Å². The molecule has 0 radical (unpaired) electrons. The lowest BCUT2D eigenvalue weighted by molar-refractivity contribution is 0.395. The third kappa shape index (κ3) is 2.79. The molecule has 1 rings (SSSR count). The number of rotatable bonds is 3. The van der Waals surface area contributed by atoms with Gasteiger partial charge in [-0.1, -0.05) is 0 Å². The molecule has 1 aromatic rings. The van der Waals surface area contributed by atoms with E-state index in [2.05, 4.69) is 9.97 Å². The van der Waals surface area contributed by atoms with Gasteiger partial charge in [-0.25, -0.2) is 18.4 Å². The molecule has 88 valence electrons. The smallest absolute Gasteiger partial charge is 0.232 e. The summed E-state index contributed by atoms with van der Waals surface area (Å²) in [7, 11) is -1.69. The van der Waals surface area contributed by atoms with Crippen LogP contribution in [-0.2, 0) is 9.84 Å². The van der Waals surface area contributed by atoms with E-state index in [-0.39, 0.29) is 0 Å². The van der Waals surface area contributed by atoms with Crippen LogP contribution >= 0.6 is 0 Å². The van der Waals surface area contributed by atoms with Crippen molar-refractivity contribution in [3.05, 3.63) is 23.0 Å². The third-order valence-electron chi connectivity index (χ3n) is 2.31. The number of aromatic nitrogens is 2. The molecule has 0 aliphatic rings. The van der Waals surface area contributed by atoms with Gasteiger partial charge in [-0.05, 0) is 19.4 Å². The molecule has 0 amide bonds. The topological polar surface area (TPSA) is 69.2 Å². The maximum absolute atomic E-state index is 11.3. The Labute approximate surface area is 95.1 Å². The first-order valence-corrected chi connectivity index (χ1v) is 6.49. The first kappa shape index (κ1) is 12.6. The normalized spacial score (nSPS) is 13.2. The zero-order valence-electron chi connectivity index (χ0n) is 9.68. The average Bonchev–Trinajstić information content (AvgIpc) is 2.26. The van der Waals surface area contributed by atoms with E-state index in [4.69, 9.17) is 4.74 Å². The van der Waals surface area contributed by atoms with Crippen molar-refractivity contribution < 1.29 is 13.2 Å². The van der Waals surface area contributed by atoms with Crippen LogP contribution < -0.4 is 4.74 Å². The molecule has 1 aromatic heterocycles. The Morgan fingerprint density at radius 3 is 2.25 bits per heavy atom. The Balaban J connectivity index is 3.19. The third-order valence-corrected chi connectivity index (χ3v) is 3.72. The van der Waals surface area contributed by atoms with Crippen LogP contribution in [0.1, 0.15) is 19.5 Å². The number of hydrogen-bond acceptors (Lipinski definition) is 5. The van der Waals surface area contributed by atoms with Crippen molar-refractivity contribution in [1.29, 1.82) is 0 Å². The van der Waals surface area contributed by atoms with Crippen LogP contribution in [0.4, 0.5) is 0 Å². The van der Waals surface area contributed by atoms with Crippen LogP contribution in [0, 0.1) is 0 Å². The summed E-state index contributed by atoms with van der Waals surface area (Å²) in [5, 5.41) is 0. The number of ether oxygens (including phenoxy) is 1. The van der Waals surface area contributed by atoms with Gasteiger partial charge in [-0.2, -0.15) is 0 Å². The summed E-state index contributed by atoms with van der Waals surface area (Å²) in [6, 6.07) is 0. The van der Waals surface area contributed by atoms with Gasteiger partial charge in [-0.15, -0.1) is 0 Å². The standard InChI is InChI=1S/C10H14N2O3S/c1-7(8(2)16(4,13)14)9-5-12-10(15-3)6-11-9/h5-6H,1-4H3/b8-7+. The van der Waals surface area contributed by atoms with E-state index in [9.17, 15) is 8.42 Å². The number of sulfone groups is 1. The van der Waals surface area contributed by atoms with Crippen LogP contribution in [0.25, 0.3) is 5.57 Å². The first-order valence-electron chi connectivity index (χ1n) is 4.60. The van der Waals surface area contributed by atoms with E-state index in [0.29, 0.717) is 22.1 Å². The van der Waals surface area contributed by atoms with Crippen LogP contribution in [-0.4, -0.2) is 31.8 Å². The second kappa shape index (κ2) is 4.61. The monoisotopic (exact) mass is 242 g/mol. The lowest BCUT2D eigenvalue weighted by atomic mass is 10.2. The Morgan fingerprint density at radius 2 is 1.88 bits per heavy atom. The molecule has 0 spiro atoms. The zero-order valence-corrected chi connectivity index (χ0v) is 10.5. The molecule has 0 aliphatic carbocycles. The van der Waals surface area contributed by atoms with Gasteiger partial charge in [0.2, 0.25) is 5.88 Å². The lowest BCUT2D eigenvalue weighted by Gasteiger charge is -2.05. The van der Waals surface area contributed by atoms with Crippen molar-refractivity contribution in [3.8, 4) is 5.88 Å². The van der Waals surface area contributed by atoms with E-state index >= 15 is 0 Å². The van der Waals surface area contributed by atoms with Gasteiger partial charge < -0.3 is 4.74 Å². The predicted molar refractivity (Wildman–Crippen MR) is 61.7 cm³/mol. The van der Waals surface area contributed by atoms with Crippen LogP contribution in [0.5, 0.6) is 5.88 Å². The predicted octanol–water partition coefficient (Wildman–Crippen LogP) is 1.28. The Morgan fingerprint density at radius 1 is 1.25 bits per heavy atom. The number of hydrogen-bond donors (Lipinski definition) is 0. The maximum atomic E-state index is 11.3. The van der Waals surface area contributed by atoms with Crippen molar-refractivity contribution in [2.75, 3.05) is 13.4 Å². The highest BCUT2D eigenvalue weighted by molar-refractivity contribution is 7.94. The molecular formula is C10H14N2O3S. The highest BCUT2D eigenvalue weighted by atomic mass is 32.2. The summed E-state index contributed by atoms with van der Waals surface area (Å²) in [6.45, 7) is 3.25. The zero-order chi connectivity index (χ0) is 12.3. The molecule has 0 atom stereocenters. The molecule has 0 N–H and O–H groups in total. The number of nitrogens with zero attached hydrogens (tertiary/aromatic N) is 2. The van der Waals surface area contributed by atoms with Crippen LogP contribution in [0.3, 0.4) is 0 Å². The van der Waals surface area contributed by atoms with Crippen LogP contribution in [0.2, 0.25) is 0 Å². The van der Waals surface area contributed by atoms with Gasteiger partial charge in [-0.3, -0.25) is 0 Å². The highest BCUT2D eigenvalue weighted by Gasteiger charge is 2.11. The van der Waals surface area contributed by atoms with E-state index in [0.717, 1.165) is 0 Å². The largest absolute Gasteiger partial charge is 0.480 e. The Hall–Kier alpha value is -1.43. The minimum atomic E-state index is -3.19. The fourth-order valence-electron chi connectivity index (χ4n) is 1.07. The number of methoxy groups -OCH3 is 1. The van der Waals surface area contributed by atoms with Gasteiger partial charge in [0.1, 0.15) is 0 Å². The Bertz CT molecular complexity index is 503.